The van der Waals surface area contributed by atoms with Gasteiger partial charge in [0.25, 0.3) is 0 Å². The molecule has 7 nitrogen and oxygen atoms in total. The summed E-state index contributed by atoms with van der Waals surface area (Å²) in [7, 11) is -1.93. The summed E-state index contributed by atoms with van der Waals surface area (Å²) in [5.74, 6) is 1.39. The Morgan fingerprint density at radius 3 is 2.56 bits per heavy atom. The summed E-state index contributed by atoms with van der Waals surface area (Å²) in [4.78, 5) is 4.69. The molecule has 1 saturated heterocycles. The van der Waals surface area contributed by atoms with E-state index in [4.69, 9.17) is 9.26 Å². The van der Waals surface area contributed by atoms with Gasteiger partial charge < -0.3 is 9.26 Å². The first-order valence-electron chi connectivity index (χ1n) is 8.22. The van der Waals surface area contributed by atoms with Gasteiger partial charge in [-0.05, 0) is 36.4 Å². The Hall–Kier alpha value is -2.23. The van der Waals surface area contributed by atoms with Gasteiger partial charge >= 0.3 is 0 Å². The van der Waals surface area contributed by atoms with Crippen molar-refractivity contribution in [1.29, 1.82) is 0 Å². The fraction of sp³-hybridized carbons (Fsp3) is 0.222. The topological polar surface area (TPSA) is 85.5 Å². The van der Waals surface area contributed by atoms with Crippen molar-refractivity contribution in [2.24, 2.45) is 0 Å². The molecule has 1 aromatic heterocycles. The van der Waals surface area contributed by atoms with Crippen LogP contribution in [0.1, 0.15) is 11.8 Å². The minimum absolute atomic E-state index is 0.119. The molecule has 9 heteroatoms. The highest BCUT2D eigenvalue weighted by molar-refractivity contribution is 9.10. The molecular weight excluding hydrogens is 434 g/mol. The molecule has 0 aliphatic carbocycles. The van der Waals surface area contributed by atoms with Crippen molar-refractivity contribution >= 4 is 26.0 Å². The average Bonchev–Trinajstić information content (AvgIpc) is 3.10. The maximum absolute atomic E-state index is 12.6. The van der Waals surface area contributed by atoms with E-state index in [2.05, 4.69) is 26.1 Å². The Labute approximate surface area is 165 Å². The van der Waals surface area contributed by atoms with Crippen LogP contribution in [0.3, 0.4) is 0 Å². The summed E-state index contributed by atoms with van der Waals surface area (Å²) >= 11 is 3.31. The van der Waals surface area contributed by atoms with Gasteiger partial charge in [0.2, 0.25) is 21.7 Å². The quantitative estimate of drug-likeness (QED) is 0.593. The molecule has 1 fully saturated rings. The molecule has 0 spiro atoms. The molecule has 4 rings (SSSR count). The Bertz CT molecular complexity index is 1060. The molecule has 1 aliphatic heterocycles. The van der Waals surface area contributed by atoms with Crippen LogP contribution in [-0.2, 0) is 10.0 Å². The lowest BCUT2D eigenvalue weighted by Crippen LogP contribution is -2.48. The number of hydrogen-bond acceptors (Lipinski definition) is 6. The van der Waals surface area contributed by atoms with Gasteiger partial charge in [0.15, 0.2) is 0 Å². The van der Waals surface area contributed by atoms with E-state index in [9.17, 15) is 8.42 Å². The number of benzene rings is 2. The van der Waals surface area contributed by atoms with Gasteiger partial charge in [-0.2, -0.15) is 9.29 Å². The van der Waals surface area contributed by atoms with Crippen LogP contribution in [0.5, 0.6) is 5.75 Å². The van der Waals surface area contributed by atoms with Gasteiger partial charge in [-0.25, -0.2) is 8.42 Å². The fourth-order valence-corrected chi connectivity index (χ4v) is 4.68. The first kappa shape index (κ1) is 18.1. The van der Waals surface area contributed by atoms with Crippen molar-refractivity contribution in [2.45, 2.75) is 10.8 Å². The molecule has 0 radical (unpaired) electrons. The highest BCUT2D eigenvalue weighted by atomic mass is 79.9. The van der Waals surface area contributed by atoms with Crippen LogP contribution in [0.15, 0.2) is 62.4 Å². The van der Waals surface area contributed by atoms with Gasteiger partial charge in [-0.1, -0.05) is 33.2 Å². The van der Waals surface area contributed by atoms with E-state index in [1.165, 1.54) is 4.31 Å². The van der Waals surface area contributed by atoms with E-state index in [-0.39, 0.29) is 10.8 Å². The van der Waals surface area contributed by atoms with E-state index < -0.39 is 10.0 Å². The number of sulfonamides is 1. The molecule has 0 bridgehead atoms. The zero-order valence-electron chi connectivity index (χ0n) is 14.4. The highest BCUT2D eigenvalue weighted by Crippen LogP contribution is 2.33. The Morgan fingerprint density at radius 1 is 1.15 bits per heavy atom. The van der Waals surface area contributed by atoms with Gasteiger partial charge in [0.1, 0.15) is 5.75 Å². The van der Waals surface area contributed by atoms with Crippen LogP contribution in [0, 0.1) is 0 Å². The predicted octanol–water partition coefficient (Wildman–Crippen LogP) is 3.30. The van der Waals surface area contributed by atoms with Crippen LogP contribution in [0.4, 0.5) is 0 Å². The monoisotopic (exact) mass is 449 g/mol. The second kappa shape index (κ2) is 7.06. The Kier molecular flexibility index (Phi) is 4.75. The molecule has 0 saturated carbocycles. The summed E-state index contributed by atoms with van der Waals surface area (Å²) in [6.45, 7) is 0.623. The molecular formula is C18H16BrN3O4S. The number of nitrogens with zero attached hydrogens (tertiary/aromatic N) is 3. The van der Waals surface area contributed by atoms with E-state index in [0.29, 0.717) is 30.6 Å². The van der Waals surface area contributed by atoms with Crippen LogP contribution in [-0.4, -0.2) is 43.1 Å². The molecule has 0 atom stereocenters. The minimum Gasteiger partial charge on any atom is -0.496 e. The van der Waals surface area contributed by atoms with Gasteiger partial charge in [-0.15, -0.1) is 0 Å². The maximum Gasteiger partial charge on any atom is 0.243 e. The molecule has 0 unspecified atom stereocenters. The highest BCUT2D eigenvalue weighted by Gasteiger charge is 2.40. The third-order valence-electron chi connectivity index (χ3n) is 4.44. The van der Waals surface area contributed by atoms with Crippen molar-refractivity contribution in [3.63, 3.8) is 0 Å². The van der Waals surface area contributed by atoms with E-state index in [0.717, 1.165) is 10.0 Å². The number of methoxy groups -OCH3 is 1. The van der Waals surface area contributed by atoms with Crippen molar-refractivity contribution in [3.05, 3.63) is 58.9 Å². The SMILES string of the molecule is COc1ccccc1-c1noc(C2CN(S(=O)(=O)c3ccc(Br)cc3)C2)n1. The summed E-state index contributed by atoms with van der Waals surface area (Å²) in [6, 6.07) is 14.0. The van der Waals surface area contributed by atoms with Crippen molar-refractivity contribution < 1.29 is 17.7 Å². The molecule has 1 aliphatic rings. The van der Waals surface area contributed by atoms with Crippen LogP contribution in [0.2, 0.25) is 0 Å². The second-order valence-corrected chi connectivity index (χ2v) is 8.98. The van der Waals surface area contributed by atoms with Crippen LogP contribution in [0.25, 0.3) is 11.4 Å². The van der Waals surface area contributed by atoms with Crippen LogP contribution >= 0.6 is 15.9 Å². The third kappa shape index (κ3) is 3.38. The number of ether oxygens (including phenoxy) is 1. The zero-order chi connectivity index (χ0) is 19.0. The molecule has 3 aromatic rings. The lowest BCUT2D eigenvalue weighted by Gasteiger charge is -2.35. The summed E-state index contributed by atoms with van der Waals surface area (Å²) in [5, 5.41) is 4.01. The minimum atomic E-state index is -3.51. The second-order valence-electron chi connectivity index (χ2n) is 6.13. The first-order valence-corrected chi connectivity index (χ1v) is 10.4. The smallest absolute Gasteiger partial charge is 0.243 e. The maximum atomic E-state index is 12.6. The number of halogens is 1. The summed E-state index contributed by atoms with van der Waals surface area (Å²) in [6.07, 6.45) is 0. The molecule has 140 valence electrons. The molecule has 2 aromatic carbocycles. The number of para-hydroxylation sites is 1. The molecule has 2 heterocycles. The fourth-order valence-electron chi connectivity index (χ4n) is 2.89. The first-order chi connectivity index (χ1) is 13.0. The van der Waals surface area contributed by atoms with Crippen molar-refractivity contribution in [1.82, 2.24) is 14.4 Å². The number of hydrogen-bond donors (Lipinski definition) is 0. The Morgan fingerprint density at radius 2 is 1.85 bits per heavy atom. The zero-order valence-corrected chi connectivity index (χ0v) is 16.8. The predicted molar refractivity (Wildman–Crippen MR) is 102 cm³/mol. The standard InChI is InChI=1S/C18H16BrN3O4S/c1-25-16-5-3-2-4-15(16)17-20-18(26-21-17)12-10-22(11-12)27(23,24)14-8-6-13(19)7-9-14/h2-9,12H,10-11H2,1H3. The summed E-state index contributed by atoms with van der Waals surface area (Å²) < 4.78 is 38.2. The molecule has 0 amide bonds. The van der Waals surface area contributed by atoms with Gasteiger partial charge in [-0.3, -0.25) is 0 Å². The lowest BCUT2D eigenvalue weighted by atomic mass is 10.0. The van der Waals surface area contributed by atoms with Gasteiger partial charge in [0, 0.05) is 17.6 Å². The molecule has 0 N–H and O–H groups in total. The number of rotatable bonds is 5. The largest absolute Gasteiger partial charge is 0.496 e. The van der Waals surface area contributed by atoms with E-state index >= 15 is 0 Å². The lowest BCUT2D eigenvalue weighted by molar-refractivity contribution is 0.217. The Balaban J connectivity index is 1.49. The van der Waals surface area contributed by atoms with E-state index in [1.807, 2.05) is 24.3 Å². The van der Waals surface area contributed by atoms with Gasteiger partial charge in [0.05, 0.1) is 23.5 Å². The summed E-state index contributed by atoms with van der Waals surface area (Å²) in [5.41, 5.74) is 0.730. The third-order valence-corrected chi connectivity index (χ3v) is 6.81. The molecule has 27 heavy (non-hydrogen) atoms. The van der Waals surface area contributed by atoms with Crippen molar-refractivity contribution in [2.75, 3.05) is 20.2 Å². The normalized spacial score (nSPS) is 15.5. The average molecular weight is 450 g/mol. The van der Waals surface area contributed by atoms with Crippen molar-refractivity contribution in [3.8, 4) is 17.1 Å². The number of aromatic nitrogens is 2. The van der Waals surface area contributed by atoms with E-state index in [1.54, 1.807) is 31.4 Å². The van der Waals surface area contributed by atoms with Crippen LogP contribution < -0.4 is 4.74 Å².